The van der Waals surface area contributed by atoms with E-state index in [0.717, 1.165) is 18.5 Å². The Balaban J connectivity index is 2.46. The minimum absolute atomic E-state index is 0.136. The fraction of sp³-hybridized carbons (Fsp3) is 0.154. The van der Waals surface area contributed by atoms with Gasteiger partial charge in [0.2, 0.25) is 0 Å². The fourth-order valence-electron chi connectivity index (χ4n) is 1.69. The van der Waals surface area contributed by atoms with Gasteiger partial charge in [0.25, 0.3) is 0 Å². The van der Waals surface area contributed by atoms with Crippen LogP contribution in [0.1, 0.15) is 22.8 Å². The molecule has 1 N–H and O–H groups in total. The van der Waals surface area contributed by atoms with E-state index < -0.39 is 35.0 Å². The van der Waals surface area contributed by atoms with Crippen LogP contribution in [0.25, 0.3) is 0 Å². The Morgan fingerprint density at radius 2 is 1.75 bits per heavy atom. The average molecular weight is 289 g/mol. The lowest BCUT2D eigenvalue weighted by Crippen LogP contribution is -2.09. The highest BCUT2D eigenvalue weighted by Crippen LogP contribution is 2.33. The molecular formula is C13H8F5NO. The van der Waals surface area contributed by atoms with E-state index in [-0.39, 0.29) is 5.56 Å². The van der Waals surface area contributed by atoms with Gasteiger partial charge in [-0.1, -0.05) is 0 Å². The van der Waals surface area contributed by atoms with Gasteiger partial charge in [0.1, 0.15) is 17.7 Å². The molecule has 2 aromatic rings. The van der Waals surface area contributed by atoms with E-state index in [9.17, 15) is 27.1 Å². The second kappa shape index (κ2) is 5.16. The van der Waals surface area contributed by atoms with Crippen LogP contribution in [0.15, 0.2) is 36.7 Å². The number of aromatic nitrogens is 1. The number of benzene rings is 1. The molecule has 0 aliphatic heterocycles. The summed E-state index contributed by atoms with van der Waals surface area (Å²) < 4.78 is 64.2. The highest BCUT2D eigenvalue weighted by Gasteiger charge is 2.32. The van der Waals surface area contributed by atoms with Crippen molar-refractivity contribution >= 4 is 0 Å². The molecule has 0 saturated heterocycles. The van der Waals surface area contributed by atoms with E-state index >= 15 is 0 Å². The van der Waals surface area contributed by atoms with Crippen LogP contribution < -0.4 is 0 Å². The first-order chi connectivity index (χ1) is 9.29. The van der Waals surface area contributed by atoms with Crippen LogP contribution in [0.5, 0.6) is 0 Å². The van der Waals surface area contributed by atoms with Crippen molar-refractivity contribution in [1.82, 2.24) is 4.98 Å². The third-order valence-corrected chi connectivity index (χ3v) is 2.66. The van der Waals surface area contributed by atoms with Gasteiger partial charge in [0.15, 0.2) is 0 Å². The number of halogens is 5. The van der Waals surface area contributed by atoms with Gasteiger partial charge in [0.05, 0.1) is 11.8 Å². The number of aliphatic hydroxyl groups excluding tert-OH is 1. The Bertz CT molecular complexity index is 626. The lowest BCUT2D eigenvalue weighted by atomic mass is 10.00. The fourth-order valence-corrected chi connectivity index (χ4v) is 1.69. The molecule has 106 valence electrons. The van der Waals surface area contributed by atoms with Gasteiger partial charge in [0, 0.05) is 17.3 Å². The molecule has 0 amide bonds. The average Bonchev–Trinajstić information content (AvgIpc) is 2.37. The van der Waals surface area contributed by atoms with E-state index in [4.69, 9.17) is 0 Å². The molecular weight excluding hydrogens is 281 g/mol. The normalized spacial score (nSPS) is 13.3. The number of nitrogens with zero attached hydrogens (tertiary/aromatic N) is 1. The van der Waals surface area contributed by atoms with E-state index in [2.05, 4.69) is 4.98 Å². The van der Waals surface area contributed by atoms with Crippen LogP contribution in [0, 0.1) is 11.6 Å². The van der Waals surface area contributed by atoms with Crippen molar-refractivity contribution in [3.05, 3.63) is 65.0 Å². The van der Waals surface area contributed by atoms with Gasteiger partial charge in [-0.25, -0.2) is 8.78 Å². The number of hydrogen-bond acceptors (Lipinski definition) is 2. The quantitative estimate of drug-likeness (QED) is 0.859. The Hall–Kier alpha value is -2.02. The molecule has 0 radical (unpaired) electrons. The summed E-state index contributed by atoms with van der Waals surface area (Å²) in [5.41, 5.74) is -1.83. The summed E-state index contributed by atoms with van der Waals surface area (Å²) in [5, 5.41) is 9.87. The molecule has 1 atom stereocenters. The number of hydrogen-bond donors (Lipinski definition) is 1. The SMILES string of the molecule is OC(c1cncc(F)c1)c1cc(C(F)(F)F)ccc1F. The predicted molar refractivity (Wildman–Crippen MR) is 59.7 cm³/mol. The molecule has 1 aromatic heterocycles. The van der Waals surface area contributed by atoms with Gasteiger partial charge in [-0.3, -0.25) is 4.98 Å². The molecule has 0 aliphatic rings. The van der Waals surface area contributed by atoms with Crippen LogP contribution in [0.3, 0.4) is 0 Å². The van der Waals surface area contributed by atoms with Crippen LogP contribution in [-0.2, 0) is 6.18 Å². The molecule has 2 nitrogen and oxygen atoms in total. The third-order valence-electron chi connectivity index (χ3n) is 2.66. The van der Waals surface area contributed by atoms with Crippen molar-refractivity contribution in [3.8, 4) is 0 Å². The zero-order valence-electron chi connectivity index (χ0n) is 9.83. The highest BCUT2D eigenvalue weighted by molar-refractivity contribution is 5.34. The summed E-state index contributed by atoms with van der Waals surface area (Å²) in [6.45, 7) is 0. The molecule has 1 heterocycles. The van der Waals surface area contributed by atoms with Crippen molar-refractivity contribution in [2.75, 3.05) is 0 Å². The van der Waals surface area contributed by atoms with Crippen molar-refractivity contribution < 1.29 is 27.1 Å². The number of rotatable bonds is 2. The summed E-state index contributed by atoms with van der Waals surface area (Å²) in [6.07, 6.45) is -4.49. The summed E-state index contributed by atoms with van der Waals surface area (Å²) in [6, 6.07) is 2.53. The van der Waals surface area contributed by atoms with Crippen molar-refractivity contribution in [2.45, 2.75) is 12.3 Å². The van der Waals surface area contributed by atoms with Gasteiger partial charge in [-0.15, -0.1) is 0 Å². The summed E-state index contributed by atoms with van der Waals surface area (Å²) in [7, 11) is 0. The predicted octanol–water partition coefficient (Wildman–Crippen LogP) is 3.46. The Morgan fingerprint density at radius 1 is 1.05 bits per heavy atom. The maximum absolute atomic E-state index is 13.6. The second-order valence-electron chi connectivity index (χ2n) is 4.07. The summed E-state index contributed by atoms with van der Waals surface area (Å²) in [4.78, 5) is 3.45. The second-order valence-corrected chi connectivity index (χ2v) is 4.07. The first-order valence-electron chi connectivity index (χ1n) is 5.44. The molecule has 0 bridgehead atoms. The summed E-state index contributed by atoms with van der Waals surface area (Å²) >= 11 is 0. The maximum Gasteiger partial charge on any atom is 0.416 e. The lowest BCUT2D eigenvalue weighted by molar-refractivity contribution is -0.137. The minimum Gasteiger partial charge on any atom is -0.383 e. The van der Waals surface area contributed by atoms with Crippen molar-refractivity contribution in [1.29, 1.82) is 0 Å². The smallest absolute Gasteiger partial charge is 0.383 e. The van der Waals surface area contributed by atoms with Crippen molar-refractivity contribution in [2.24, 2.45) is 0 Å². The molecule has 20 heavy (non-hydrogen) atoms. The number of pyridine rings is 1. The van der Waals surface area contributed by atoms with Gasteiger partial charge < -0.3 is 5.11 Å². The van der Waals surface area contributed by atoms with E-state index in [1.807, 2.05) is 0 Å². The Labute approximate surface area is 110 Å². The van der Waals surface area contributed by atoms with Gasteiger partial charge >= 0.3 is 6.18 Å². The molecule has 0 aliphatic carbocycles. The van der Waals surface area contributed by atoms with Crippen LogP contribution >= 0.6 is 0 Å². The van der Waals surface area contributed by atoms with Gasteiger partial charge in [-0.05, 0) is 24.3 Å². The molecule has 0 spiro atoms. The van der Waals surface area contributed by atoms with E-state index in [1.54, 1.807) is 0 Å². The van der Waals surface area contributed by atoms with Crippen LogP contribution in [0.4, 0.5) is 22.0 Å². The van der Waals surface area contributed by atoms with Crippen LogP contribution in [0.2, 0.25) is 0 Å². The van der Waals surface area contributed by atoms with E-state index in [0.29, 0.717) is 18.2 Å². The molecule has 7 heteroatoms. The lowest BCUT2D eigenvalue weighted by Gasteiger charge is -2.14. The topological polar surface area (TPSA) is 33.1 Å². The largest absolute Gasteiger partial charge is 0.416 e. The standard InChI is InChI=1S/C13H8F5NO/c14-9-3-7(5-19-6-9)12(20)10-4-8(13(16,17)18)1-2-11(10)15/h1-6,12,20H. The maximum atomic E-state index is 13.6. The Morgan fingerprint density at radius 3 is 2.35 bits per heavy atom. The Kier molecular flexibility index (Phi) is 3.71. The molecule has 1 aromatic carbocycles. The highest BCUT2D eigenvalue weighted by atomic mass is 19.4. The molecule has 2 rings (SSSR count). The summed E-state index contributed by atoms with van der Waals surface area (Å²) in [5.74, 6) is -1.80. The number of aliphatic hydroxyl groups is 1. The zero-order chi connectivity index (χ0) is 14.9. The third kappa shape index (κ3) is 2.93. The molecule has 0 fully saturated rings. The van der Waals surface area contributed by atoms with E-state index in [1.165, 1.54) is 0 Å². The monoisotopic (exact) mass is 289 g/mol. The van der Waals surface area contributed by atoms with Gasteiger partial charge in [-0.2, -0.15) is 13.2 Å². The first-order valence-corrected chi connectivity index (χ1v) is 5.44. The first kappa shape index (κ1) is 14.4. The zero-order valence-corrected chi connectivity index (χ0v) is 9.83. The molecule has 1 unspecified atom stereocenters. The number of alkyl halides is 3. The van der Waals surface area contributed by atoms with Crippen molar-refractivity contribution in [3.63, 3.8) is 0 Å². The molecule has 0 saturated carbocycles. The van der Waals surface area contributed by atoms with Crippen LogP contribution in [-0.4, -0.2) is 10.1 Å². The minimum atomic E-state index is -4.66.